The molecular formula is C18H28N2O2. The molecule has 0 radical (unpaired) electrons. The third kappa shape index (κ3) is 4.47. The maximum Gasteiger partial charge on any atom is 0.245 e. The summed E-state index contributed by atoms with van der Waals surface area (Å²) in [5.74, 6) is 0.102. The Kier molecular flexibility index (Phi) is 6.25. The molecule has 22 heavy (non-hydrogen) atoms. The second-order valence-corrected chi connectivity index (χ2v) is 6.15. The molecule has 1 aliphatic rings. The number of carbonyl (C=O) groups is 1. The van der Waals surface area contributed by atoms with Crippen molar-refractivity contribution in [2.24, 2.45) is 0 Å². The number of hydrogen-bond acceptors (Lipinski definition) is 3. The van der Waals surface area contributed by atoms with Gasteiger partial charge in [-0.2, -0.15) is 0 Å². The molecule has 0 atom stereocenters. The van der Waals surface area contributed by atoms with Gasteiger partial charge in [-0.3, -0.25) is 4.79 Å². The summed E-state index contributed by atoms with van der Waals surface area (Å²) in [4.78, 5) is 12.6. The number of nitrogens with one attached hydrogen (secondary N) is 2. The molecule has 1 aliphatic carbocycles. The first-order valence-corrected chi connectivity index (χ1v) is 8.37. The van der Waals surface area contributed by atoms with Crippen LogP contribution in [-0.2, 0) is 9.53 Å². The minimum atomic E-state index is -0.458. The van der Waals surface area contributed by atoms with Crippen molar-refractivity contribution in [2.75, 3.05) is 25.1 Å². The van der Waals surface area contributed by atoms with E-state index in [1.807, 2.05) is 12.1 Å². The molecule has 122 valence electrons. The number of ether oxygens (including phenoxy) is 1. The normalized spacial score (nSPS) is 16.5. The fourth-order valence-corrected chi connectivity index (χ4v) is 2.95. The predicted molar refractivity (Wildman–Crippen MR) is 90.1 cm³/mol. The highest BCUT2D eigenvalue weighted by molar-refractivity contribution is 5.89. The number of anilines is 1. The number of rotatable bonds is 8. The average Bonchev–Trinajstić information content (AvgIpc) is 2.99. The van der Waals surface area contributed by atoms with Crippen LogP contribution in [0.2, 0.25) is 0 Å². The maximum absolute atomic E-state index is 12.6. The Hall–Kier alpha value is -1.55. The lowest BCUT2D eigenvalue weighted by molar-refractivity contribution is -0.125. The van der Waals surface area contributed by atoms with E-state index < -0.39 is 5.54 Å². The van der Waals surface area contributed by atoms with E-state index in [9.17, 15) is 4.79 Å². The number of hydrogen-bond donors (Lipinski definition) is 2. The molecule has 1 saturated carbocycles. The van der Waals surface area contributed by atoms with Gasteiger partial charge in [-0.05, 0) is 38.3 Å². The Morgan fingerprint density at radius 1 is 1.18 bits per heavy atom. The van der Waals surface area contributed by atoms with E-state index in [-0.39, 0.29) is 5.91 Å². The number of amides is 1. The summed E-state index contributed by atoms with van der Waals surface area (Å²) >= 11 is 0. The van der Waals surface area contributed by atoms with E-state index >= 15 is 0 Å². The minimum absolute atomic E-state index is 0.102. The lowest BCUT2D eigenvalue weighted by atomic mass is 9.95. The van der Waals surface area contributed by atoms with Gasteiger partial charge in [-0.25, -0.2) is 0 Å². The highest BCUT2D eigenvalue weighted by Gasteiger charge is 2.40. The molecule has 0 heterocycles. The average molecular weight is 304 g/mol. The molecule has 0 bridgehead atoms. The van der Waals surface area contributed by atoms with E-state index in [4.69, 9.17) is 4.74 Å². The molecule has 0 spiro atoms. The van der Waals surface area contributed by atoms with Gasteiger partial charge in [0.05, 0.1) is 6.61 Å². The Labute approximate surface area is 133 Å². The van der Waals surface area contributed by atoms with E-state index in [1.165, 1.54) is 5.56 Å². The number of carbonyl (C=O) groups excluding carboxylic acids is 1. The lowest BCUT2D eigenvalue weighted by Crippen LogP contribution is -2.51. The van der Waals surface area contributed by atoms with Crippen LogP contribution in [0.4, 0.5) is 5.69 Å². The second-order valence-electron chi connectivity index (χ2n) is 6.15. The van der Waals surface area contributed by atoms with Crippen LogP contribution in [0.1, 0.15) is 44.6 Å². The van der Waals surface area contributed by atoms with Gasteiger partial charge in [0.2, 0.25) is 5.91 Å². The second kappa shape index (κ2) is 8.18. The molecule has 0 unspecified atom stereocenters. The molecule has 2 N–H and O–H groups in total. The first-order valence-electron chi connectivity index (χ1n) is 8.37. The van der Waals surface area contributed by atoms with Gasteiger partial charge in [-0.15, -0.1) is 0 Å². The Balaban J connectivity index is 1.92. The molecule has 4 heteroatoms. The summed E-state index contributed by atoms with van der Waals surface area (Å²) in [5.41, 5.74) is 1.79. The van der Waals surface area contributed by atoms with E-state index in [1.54, 1.807) is 0 Å². The highest BCUT2D eigenvalue weighted by Crippen LogP contribution is 2.33. The van der Waals surface area contributed by atoms with Gasteiger partial charge in [0.25, 0.3) is 0 Å². The monoisotopic (exact) mass is 304 g/mol. The number of aryl methyl sites for hydroxylation is 1. The fraction of sp³-hybridized carbons (Fsp3) is 0.611. The third-order valence-corrected chi connectivity index (χ3v) is 4.21. The standard InChI is InChI=1S/C18H28N2O2/c1-3-13-22-14-12-19-17(21)18(10-4-5-11-18)20-16-8-6-15(2)7-9-16/h6-9,20H,3-5,10-14H2,1-2H3,(H,19,21). The van der Waals surface area contributed by atoms with Gasteiger partial charge in [-0.1, -0.05) is 37.5 Å². The first-order chi connectivity index (χ1) is 10.7. The van der Waals surface area contributed by atoms with Crippen LogP contribution in [0.5, 0.6) is 0 Å². The zero-order valence-electron chi connectivity index (χ0n) is 13.8. The smallest absolute Gasteiger partial charge is 0.245 e. The minimum Gasteiger partial charge on any atom is -0.380 e. The van der Waals surface area contributed by atoms with Crippen LogP contribution < -0.4 is 10.6 Å². The Morgan fingerprint density at radius 3 is 2.50 bits per heavy atom. The van der Waals surface area contributed by atoms with Crippen LogP contribution >= 0.6 is 0 Å². The molecule has 0 saturated heterocycles. The topological polar surface area (TPSA) is 50.4 Å². The first kappa shape index (κ1) is 16.8. The van der Waals surface area contributed by atoms with Gasteiger partial charge >= 0.3 is 0 Å². The Bertz CT molecular complexity index is 464. The van der Waals surface area contributed by atoms with Crippen molar-refractivity contribution in [3.63, 3.8) is 0 Å². The molecule has 1 aromatic rings. The van der Waals surface area contributed by atoms with Crippen molar-refractivity contribution in [1.82, 2.24) is 5.32 Å². The summed E-state index contributed by atoms with van der Waals surface area (Å²) in [6.45, 7) is 6.06. The van der Waals surface area contributed by atoms with Crippen LogP contribution in [0.3, 0.4) is 0 Å². The molecule has 0 aliphatic heterocycles. The summed E-state index contributed by atoms with van der Waals surface area (Å²) in [5, 5.41) is 6.51. The van der Waals surface area contributed by atoms with Crippen LogP contribution in [0, 0.1) is 6.92 Å². The van der Waals surface area contributed by atoms with E-state index in [0.717, 1.165) is 44.4 Å². The zero-order valence-corrected chi connectivity index (χ0v) is 13.8. The maximum atomic E-state index is 12.6. The highest BCUT2D eigenvalue weighted by atomic mass is 16.5. The van der Waals surface area contributed by atoms with Crippen molar-refractivity contribution < 1.29 is 9.53 Å². The molecule has 0 aromatic heterocycles. The molecular weight excluding hydrogens is 276 g/mol. The van der Waals surface area contributed by atoms with Crippen molar-refractivity contribution in [2.45, 2.75) is 51.5 Å². The molecule has 1 amide bonds. The SMILES string of the molecule is CCCOCCNC(=O)C1(Nc2ccc(C)cc2)CCCC1. The van der Waals surface area contributed by atoms with Gasteiger partial charge in [0, 0.05) is 18.8 Å². The predicted octanol–water partition coefficient (Wildman–Crippen LogP) is 3.26. The molecule has 4 nitrogen and oxygen atoms in total. The number of benzene rings is 1. The van der Waals surface area contributed by atoms with Gasteiger partial charge < -0.3 is 15.4 Å². The largest absolute Gasteiger partial charge is 0.380 e. The molecule has 2 rings (SSSR count). The van der Waals surface area contributed by atoms with Crippen molar-refractivity contribution in [3.05, 3.63) is 29.8 Å². The van der Waals surface area contributed by atoms with Gasteiger partial charge in [0.15, 0.2) is 0 Å². The Morgan fingerprint density at radius 2 is 1.86 bits per heavy atom. The van der Waals surface area contributed by atoms with E-state index in [2.05, 4.69) is 36.6 Å². The van der Waals surface area contributed by atoms with Crippen LogP contribution in [0.15, 0.2) is 24.3 Å². The summed E-state index contributed by atoms with van der Waals surface area (Å²) in [6, 6.07) is 8.24. The quantitative estimate of drug-likeness (QED) is 0.725. The third-order valence-electron chi connectivity index (χ3n) is 4.21. The van der Waals surface area contributed by atoms with Crippen molar-refractivity contribution in [3.8, 4) is 0 Å². The van der Waals surface area contributed by atoms with Crippen LogP contribution in [-0.4, -0.2) is 31.2 Å². The van der Waals surface area contributed by atoms with Crippen molar-refractivity contribution in [1.29, 1.82) is 0 Å². The molecule has 1 aromatic carbocycles. The zero-order chi connectivity index (χ0) is 15.8. The lowest BCUT2D eigenvalue weighted by Gasteiger charge is -2.30. The van der Waals surface area contributed by atoms with Crippen LogP contribution in [0.25, 0.3) is 0 Å². The fourth-order valence-electron chi connectivity index (χ4n) is 2.95. The van der Waals surface area contributed by atoms with Gasteiger partial charge in [0.1, 0.15) is 5.54 Å². The summed E-state index contributed by atoms with van der Waals surface area (Å²) in [7, 11) is 0. The van der Waals surface area contributed by atoms with Crippen molar-refractivity contribution >= 4 is 11.6 Å². The summed E-state index contributed by atoms with van der Waals surface area (Å²) in [6.07, 6.45) is 4.98. The van der Waals surface area contributed by atoms with E-state index in [0.29, 0.717) is 13.2 Å². The molecule has 1 fully saturated rings. The summed E-state index contributed by atoms with van der Waals surface area (Å²) < 4.78 is 5.43.